The zero-order valence-corrected chi connectivity index (χ0v) is 14.1. The maximum Gasteiger partial charge on any atom is 0.337 e. The third kappa shape index (κ3) is 4.45. The summed E-state index contributed by atoms with van der Waals surface area (Å²) in [6.07, 6.45) is 0.582. The Kier molecular flexibility index (Phi) is 5.75. The number of methoxy groups -OCH3 is 1. The van der Waals surface area contributed by atoms with Crippen molar-refractivity contribution < 1.29 is 22.1 Å². The average molecular weight is 351 g/mol. The van der Waals surface area contributed by atoms with Gasteiger partial charge in [0, 0.05) is 24.4 Å². The van der Waals surface area contributed by atoms with E-state index in [4.69, 9.17) is 0 Å². The molecule has 1 aromatic carbocycles. The summed E-state index contributed by atoms with van der Waals surface area (Å²) in [5.41, 5.74) is 1.67. The van der Waals surface area contributed by atoms with Crippen molar-refractivity contribution in [3.05, 3.63) is 63.6 Å². The molecule has 0 aliphatic heterocycles. The van der Waals surface area contributed by atoms with Gasteiger partial charge in [-0.15, -0.1) is 0 Å². The second-order valence-corrected chi connectivity index (χ2v) is 5.71. The number of esters is 1. The van der Waals surface area contributed by atoms with E-state index in [1.807, 2.05) is 0 Å². The fraction of sp³-hybridized carbons (Fsp3) is 0.250. The Morgan fingerprint density at radius 1 is 1.17 bits per heavy atom. The minimum atomic E-state index is -3.05. The number of hydrogen-bond acceptors (Lipinski definition) is 6. The maximum atomic E-state index is 12.1. The molecule has 0 spiro atoms. The second-order valence-electron chi connectivity index (χ2n) is 5.08. The topological polar surface area (TPSA) is 91.7 Å². The van der Waals surface area contributed by atoms with Gasteiger partial charge in [-0.25, -0.2) is 4.79 Å². The van der Waals surface area contributed by atoms with Crippen LogP contribution in [0.4, 0.5) is 0 Å². The zero-order valence-electron chi connectivity index (χ0n) is 13.2. The molecule has 0 saturated heterocycles. The van der Waals surface area contributed by atoms with Gasteiger partial charge in [0.25, 0.3) is 16.5 Å². The monoisotopic (exact) mass is 351 g/mol. The number of aryl methyl sites for hydroxylation is 2. The van der Waals surface area contributed by atoms with Crippen LogP contribution in [0.5, 0.6) is 5.75 Å². The van der Waals surface area contributed by atoms with Crippen LogP contribution in [0.25, 0.3) is 0 Å². The van der Waals surface area contributed by atoms with E-state index in [9.17, 15) is 18.0 Å². The van der Waals surface area contributed by atoms with Gasteiger partial charge in [-0.1, -0.05) is 12.1 Å². The number of rotatable bonds is 6. The van der Waals surface area contributed by atoms with Crippen LogP contribution < -0.4 is 9.74 Å². The smallest absolute Gasteiger partial charge is 0.337 e. The normalized spacial score (nSPS) is 10.6. The van der Waals surface area contributed by atoms with Crippen molar-refractivity contribution in [3.8, 4) is 5.75 Å². The first-order valence-corrected chi connectivity index (χ1v) is 8.21. The highest BCUT2D eigenvalue weighted by molar-refractivity contribution is 7.67. The maximum absolute atomic E-state index is 12.1. The number of aromatic nitrogens is 1. The molecule has 0 amide bonds. The molecule has 2 aromatic rings. The van der Waals surface area contributed by atoms with Gasteiger partial charge in [-0.3, -0.25) is 4.79 Å². The summed E-state index contributed by atoms with van der Waals surface area (Å²) < 4.78 is 31.8. The van der Waals surface area contributed by atoms with Gasteiger partial charge in [0.15, 0.2) is 0 Å². The molecule has 0 radical (unpaired) electrons. The summed E-state index contributed by atoms with van der Waals surface area (Å²) >= 11 is 0. The first kappa shape index (κ1) is 17.7. The standard InChI is InChI=1S/C16H17NO6S/c1-11-9-14(23-24(20)21)10-15(18)17(11)8-7-12-3-5-13(6-4-12)16(19)22-2/h3-6,9-10,24H,7-8H2,1-2H3. The number of ether oxygens (including phenoxy) is 1. The van der Waals surface area contributed by atoms with Gasteiger partial charge in [0.05, 0.1) is 12.7 Å². The van der Waals surface area contributed by atoms with Crippen LogP contribution in [0, 0.1) is 6.92 Å². The van der Waals surface area contributed by atoms with Crippen molar-refractivity contribution >= 4 is 17.0 Å². The van der Waals surface area contributed by atoms with Crippen molar-refractivity contribution in [2.75, 3.05) is 7.11 Å². The number of nitrogens with zero attached hydrogens (tertiary/aromatic N) is 1. The van der Waals surface area contributed by atoms with E-state index in [0.717, 1.165) is 11.6 Å². The number of benzene rings is 1. The van der Waals surface area contributed by atoms with Gasteiger partial charge in [-0.2, -0.15) is 8.42 Å². The Balaban J connectivity index is 2.11. The van der Waals surface area contributed by atoms with Crippen molar-refractivity contribution in [1.82, 2.24) is 4.57 Å². The Hall–Kier alpha value is -2.61. The van der Waals surface area contributed by atoms with Gasteiger partial charge >= 0.3 is 5.97 Å². The quantitative estimate of drug-likeness (QED) is 0.619. The summed E-state index contributed by atoms with van der Waals surface area (Å²) in [5.74, 6) is -0.395. The molecule has 1 heterocycles. The highest BCUT2D eigenvalue weighted by atomic mass is 32.2. The zero-order chi connectivity index (χ0) is 17.7. The summed E-state index contributed by atoms with van der Waals surface area (Å²) in [5, 5.41) is 0. The number of carbonyl (C=O) groups excluding carboxylic acids is 1. The lowest BCUT2D eigenvalue weighted by Gasteiger charge is -2.11. The van der Waals surface area contributed by atoms with Crippen LogP contribution in [0.15, 0.2) is 41.2 Å². The van der Waals surface area contributed by atoms with Crippen molar-refractivity contribution in [1.29, 1.82) is 0 Å². The van der Waals surface area contributed by atoms with Crippen LogP contribution in [0.1, 0.15) is 21.6 Å². The van der Waals surface area contributed by atoms with Crippen LogP contribution in [-0.4, -0.2) is 26.1 Å². The van der Waals surface area contributed by atoms with E-state index in [-0.39, 0.29) is 11.3 Å². The van der Waals surface area contributed by atoms with Crippen molar-refractivity contribution in [3.63, 3.8) is 0 Å². The molecule has 0 N–H and O–H groups in total. The van der Waals surface area contributed by atoms with Crippen molar-refractivity contribution in [2.24, 2.45) is 0 Å². The molecule has 0 saturated carbocycles. The third-order valence-electron chi connectivity index (χ3n) is 3.49. The lowest BCUT2D eigenvalue weighted by molar-refractivity contribution is 0.0600. The SMILES string of the molecule is COC(=O)c1ccc(CCn2c(C)cc(O[SH](=O)=O)cc2=O)cc1. The fourth-order valence-electron chi connectivity index (χ4n) is 2.29. The lowest BCUT2D eigenvalue weighted by Crippen LogP contribution is -2.22. The van der Waals surface area contributed by atoms with E-state index < -0.39 is 17.0 Å². The van der Waals surface area contributed by atoms with Gasteiger partial charge in [0.1, 0.15) is 5.75 Å². The molecule has 0 aliphatic rings. The first-order chi connectivity index (χ1) is 11.4. The third-order valence-corrected chi connectivity index (χ3v) is 3.85. The largest absolute Gasteiger partial charge is 0.465 e. The second kappa shape index (κ2) is 7.78. The van der Waals surface area contributed by atoms with Gasteiger partial charge < -0.3 is 13.5 Å². The predicted molar refractivity (Wildman–Crippen MR) is 87.9 cm³/mol. The average Bonchev–Trinajstić information content (AvgIpc) is 2.53. The molecular formula is C16H17NO6S. The molecule has 0 atom stereocenters. The molecule has 0 unspecified atom stereocenters. The Bertz CT molecular complexity index is 859. The van der Waals surface area contributed by atoms with Gasteiger partial charge in [-0.05, 0) is 31.0 Å². The molecule has 8 heteroatoms. The number of pyridine rings is 1. The first-order valence-electron chi connectivity index (χ1n) is 7.12. The van der Waals surface area contributed by atoms with E-state index in [0.29, 0.717) is 24.2 Å². The molecule has 0 fully saturated rings. The Labute approximate surface area is 140 Å². The number of hydrogen-bond donors (Lipinski definition) is 1. The number of thiol groups is 1. The molecule has 0 aliphatic carbocycles. The van der Waals surface area contributed by atoms with Crippen molar-refractivity contribution in [2.45, 2.75) is 19.9 Å². The molecule has 7 nitrogen and oxygen atoms in total. The number of carbonyl (C=O) groups is 1. The minimum absolute atomic E-state index is 0.00675. The Morgan fingerprint density at radius 3 is 2.38 bits per heavy atom. The van der Waals surface area contributed by atoms with E-state index in [1.165, 1.54) is 17.7 Å². The molecule has 1 aromatic heterocycles. The lowest BCUT2D eigenvalue weighted by atomic mass is 10.1. The summed E-state index contributed by atoms with van der Waals surface area (Å²) in [6.45, 7) is 2.12. The molecule has 128 valence electrons. The van der Waals surface area contributed by atoms with Crippen LogP contribution in [0.3, 0.4) is 0 Å². The molecule has 2 rings (SSSR count). The predicted octanol–water partition coefficient (Wildman–Crippen LogP) is 1.09. The summed E-state index contributed by atoms with van der Waals surface area (Å²) in [4.78, 5) is 23.4. The van der Waals surface area contributed by atoms with Gasteiger partial charge in [0.2, 0.25) is 0 Å². The molecular weight excluding hydrogens is 334 g/mol. The summed E-state index contributed by atoms with van der Waals surface area (Å²) in [6, 6.07) is 9.56. The van der Waals surface area contributed by atoms with E-state index >= 15 is 0 Å². The summed E-state index contributed by atoms with van der Waals surface area (Å²) in [7, 11) is -1.73. The van der Waals surface area contributed by atoms with E-state index in [2.05, 4.69) is 8.92 Å². The van der Waals surface area contributed by atoms with Crippen LogP contribution in [0.2, 0.25) is 0 Å². The van der Waals surface area contributed by atoms with Crippen LogP contribution in [-0.2, 0) is 28.7 Å². The Morgan fingerprint density at radius 2 is 1.83 bits per heavy atom. The van der Waals surface area contributed by atoms with E-state index in [1.54, 1.807) is 31.2 Å². The molecule has 0 bridgehead atoms. The molecule has 24 heavy (non-hydrogen) atoms. The highest BCUT2D eigenvalue weighted by Gasteiger charge is 2.07. The fourth-order valence-corrected chi connectivity index (χ4v) is 2.57. The highest BCUT2D eigenvalue weighted by Crippen LogP contribution is 2.12. The van der Waals surface area contributed by atoms with Crippen LogP contribution >= 0.6 is 0 Å². The minimum Gasteiger partial charge on any atom is -0.465 e.